The summed E-state index contributed by atoms with van der Waals surface area (Å²) in [6.07, 6.45) is 0. The third kappa shape index (κ3) is 2.69. The van der Waals surface area contributed by atoms with Crippen molar-refractivity contribution in [3.63, 3.8) is 0 Å². The van der Waals surface area contributed by atoms with Crippen molar-refractivity contribution in [1.29, 1.82) is 0 Å². The standard InChI is InChI=1S/C14H11F2NO3/c15-9-6-10(17)11(14(18)19)12(16)13(9)20-7-8-4-2-1-3-5-8/h1-6H,7,17H2,(H,18,19). The maximum Gasteiger partial charge on any atom is 0.340 e. The number of halogens is 2. The molecule has 0 radical (unpaired) electrons. The van der Waals surface area contributed by atoms with Gasteiger partial charge in [-0.1, -0.05) is 30.3 Å². The van der Waals surface area contributed by atoms with Gasteiger partial charge in [-0.3, -0.25) is 0 Å². The van der Waals surface area contributed by atoms with Crippen molar-refractivity contribution in [3.05, 3.63) is 59.2 Å². The Morgan fingerprint density at radius 1 is 1.25 bits per heavy atom. The maximum absolute atomic E-state index is 13.9. The molecule has 0 bridgehead atoms. The number of hydrogen-bond donors (Lipinski definition) is 2. The first kappa shape index (κ1) is 13.8. The molecule has 0 fully saturated rings. The molecule has 0 aliphatic rings. The van der Waals surface area contributed by atoms with Crippen LogP contribution in [0.1, 0.15) is 15.9 Å². The first-order valence-corrected chi connectivity index (χ1v) is 5.68. The van der Waals surface area contributed by atoms with Gasteiger partial charge in [-0.15, -0.1) is 0 Å². The topological polar surface area (TPSA) is 72.5 Å². The monoisotopic (exact) mass is 279 g/mol. The summed E-state index contributed by atoms with van der Waals surface area (Å²) in [5.74, 6) is -4.68. The average Bonchev–Trinajstić information content (AvgIpc) is 2.38. The Balaban J connectivity index is 2.32. The van der Waals surface area contributed by atoms with Crippen molar-refractivity contribution in [2.75, 3.05) is 5.73 Å². The Labute approximate surface area is 113 Å². The zero-order valence-corrected chi connectivity index (χ0v) is 10.3. The van der Waals surface area contributed by atoms with Gasteiger partial charge in [0.2, 0.25) is 0 Å². The van der Waals surface area contributed by atoms with Gasteiger partial charge in [0.25, 0.3) is 0 Å². The van der Waals surface area contributed by atoms with E-state index in [-0.39, 0.29) is 6.61 Å². The van der Waals surface area contributed by atoms with Crippen LogP contribution < -0.4 is 10.5 Å². The molecule has 0 saturated carbocycles. The minimum atomic E-state index is -1.58. The SMILES string of the molecule is Nc1cc(F)c(OCc2ccccc2)c(F)c1C(=O)O. The molecule has 0 spiro atoms. The third-order valence-electron chi connectivity index (χ3n) is 2.65. The summed E-state index contributed by atoms with van der Waals surface area (Å²) in [4.78, 5) is 10.9. The second kappa shape index (κ2) is 5.56. The van der Waals surface area contributed by atoms with E-state index >= 15 is 0 Å². The quantitative estimate of drug-likeness (QED) is 0.844. The molecule has 0 aliphatic carbocycles. The fourth-order valence-electron chi connectivity index (χ4n) is 1.70. The number of benzene rings is 2. The number of carbonyl (C=O) groups is 1. The first-order chi connectivity index (χ1) is 9.50. The summed E-state index contributed by atoms with van der Waals surface area (Å²) in [5, 5.41) is 8.85. The smallest absolute Gasteiger partial charge is 0.340 e. The predicted octanol–water partition coefficient (Wildman–Crippen LogP) is 2.82. The molecular weight excluding hydrogens is 268 g/mol. The predicted molar refractivity (Wildman–Crippen MR) is 68.5 cm³/mol. The van der Waals surface area contributed by atoms with E-state index in [0.29, 0.717) is 5.56 Å². The summed E-state index contributed by atoms with van der Waals surface area (Å²) in [5.41, 5.74) is 4.69. The van der Waals surface area contributed by atoms with E-state index in [2.05, 4.69) is 0 Å². The number of nitrogen functional groups attached to an aromatic ring is 1. The maximum atomic E-state index is 13.9. The van der Waals surface area contributed by atoms with Crippen LogP contribution in [-0.4, -0.2) is 11.1 Å². The van der Waals surface area contributed by atoms with Crippen LogP contribution in [0, 0.1) is 11.6 Å². The summed E-state index contributed by atoms with van der Waals surface area (Å²) in [6.45, 7) is -0.0857. The van der Waals surface area contributed by atoms with Crippen molar-refractivity contribution in [3.8, 4) is 5.75 Å². The van der Waals surface area contributed by atoms with E-state index < -0.39 is 34.6 Å². The highest BCUT2D eigenvalue weighted by Crippen LogP contribution is 2.29. The molecule has 4 nitrogen and oxygen atoms in total. The minimum Gasteiger partial charge on any atom is -0.483 e. The lowest BCUT2D eigenvalue weighted by Gasteiger charge is -2.11. The molecule has 6 heteroatoms. The molecule has 2 aromatic carbocycles. The van der Waals surface area contributed by atoms with Crippen LogP contribution >= 0.6 is 0 Å². The van der Waals surface area contributed by atoms with Crippen LogP contribution in [-0.2, 0) is 6.61 Å². The largest absolute Gasteiger partial charge is 0.483 e. The highest BCUT2D eigenvalue weighted by atomic mass is 19.1. The van der Waals surface area contributed by atoms with Crippen LogP contribution in [0.15, 0.2) is 36.4 Å². The van der Waals surface area contributed by atoms with Gasteiger partial charge in [-0.25, -0.2) is 13.6 Å². The Bertz CT molecular complexity index is 645. The number of rotatable bonds is 4. The lowest BCUT2D eigenvalue weighted by molar-refractivity contribution is 0.0691. The molecule has 0 aliphatic heterocycles. The van der Waals surface area contributed by atoms with Crippen molar-refractivity contribution >= 4 is 11.7 Å². The molecule has 0 saturated heterocycles. The highest BCUT2D eigenvalue weighted by molar-refractivity contribution is 5.94. The normalized spacial score (nSPS) is 10.3. The van der Waals surface area contributed by atoms with Crippen LogP contribution in [0.4, 0.5) is 14.5 Å². The summed E-state index contributed by atoms with van der Waals surface area (Å²) in [6, 6.07) is 9.44. The Morgan fingerprint density at radius 2 is 1.90 bits per heavy atom. The van der Waals surface area contributed by atoms with E-state index in [1.807, 2.05) is 0 Å². The molecular formula is C14H11F2NO3. The summed E-state index contributed by atoms with van der Waals surface area (Å²) < 4.78 is 32.6. The van der Waals surface area contributed by atoms with Gasteiger partial charge in [0.05, 0.1) is 5.69 Å². The van der Waals surface area contributed by atoms with Gasteiger partial charge in [-0.2, -0.15) is 0 Å². The van der Waals surface area contributed by atoms with Crippen LogP contribution in [0.25, 0.3) is 0 Å². The first-order valence-electron chi connectivity index (χ1n) is 5.68. The molecule has 2 rings (SSSR count). The Kier molecular flexibility index (Phi) is 3.84. The van der Waals surface area contributed by atoms with Gasteiger partial charge >= 0.3 is 5.97 Å². The molecule has 20 heavy (non-hydrogen) atoms. The molecule has 0 amide bonds. The van der Waals surface area contributed by atoms with Gasteiger partial charge in [0.15, 0.2) is 17.4 Å². The Morgan fingerprint density at radius 3 is 2.50 bits per heavy atom. The third-order valence-corrected chi connectivity index (χ3v) is 2.65. The van der Waals surface area contributed by atoms with E-state index in [4.69, 9.17) is 15.6 Å². The number of aromatic carboxylic acids is 1. The average molecular weight is 279 g/mol. The minimum absolute atomic E-state index is 0.0857. The van der Waals surface area contributed by atoms with Crippen molar-refractivity contribution in [2.24, 2.45) is 0 Å². The van der Waals surface area contributed by atoms with Crippen LogP contribution in [0.3, 0.4) is 0 Å². The van der Waals surface area contributed by atoms with Crippen molar-refractivity contribution < 1.29 is 23.4 Å². The second-order valence-corrected chi connectivity index (χ2v) is 4.05. The van der Waals surface area contributed by atoms with E-state index in [9.17, 15) is 13.6 Å². The zero-order valence-electron chi connectivity index (χ0n) is 10.3. The molecule has 104 valence electrons. The summed E-state index contributed by atoms with van der Waals surface area (Å²) >= 11 is 0. The molecule has 0 heterocycles. The van der Waals surface area contributed by atoms with Gasteiger partial charge in [-0.05, 0) is 5.56 Å². The van der Waals surface area contributed by atoms with E-state index in [1.54, 1.807) is 30.3 Å². The fraction of sp³-hybridized carbons (Fsp3) is 0.0714. The molecule has 0 unspecified atom stereocenters. The van der Waals surface area contributed by atoms with Crippen LogP contribution in [0.2, 0.25) is 0 Å². The van der Waals surface area contributed by atoms with Crippen molar-refractivity contribution in [2.45, 2.75) is 6.61 Å². The highest BCUT2D eigenvalue weighted by Gasteiger charge is 2.23. The summed E-state index contributed by atoms with van der Waals surface area (Å²) in [7, 11) is 0. The molecule has 2 aromatic rings. The number of hydrogen-bond acceptors (Lipinski definition) is 3. The van der Waals surface area contributed by atoms with E-state index in [1.165, 1.54) is 0 Å². The lowest BCUT2D eigenvalue weighted by atomic mass is 10.1. The molecule has 3 N–H and O–H groups in total. The number of ether oxygens (including phenoxy) is 1. The fourth-order valence-corrected chi connectivity index (χ4v) is 1.70. The molecule has 0 atom stereocenters. The molecule has 0 aromatic heterocycles. The van der Waals surface area contributed by atoms with E-state index in [0.717, 1.165) is 6.07 Å². The van der Waals surface area contributed by atoms with Gasteiger partial charge in [0, 0.05) is 6.07 Å². The zero-order chi connectivity index (χ0) is 14.7. The van der Waals surface area contributed by atoms with Gasteiger partial charge in [0.1, 0.15) is 12.2 Å². The number of nitrogens with two attached hydrogens (primary N) is 1. The number of anilines is 1. The van der Waals surface area contributed by atoms with Gasteiger partial charge < -0.3 is 15.6 Å². The Hall–Kier alpha value is -2.63. The second-order valence-electron chi connectivity index (χ2n) is 4.05. The number of carboxylic acid groups (broad SMARTS) is 1. The van der Waals surface area contributed by atoms with Crippen LogP contribution in [0.5, 0.6) is 5.75 Å². The lowest BCUT2D eigenvalue weighted by Crippen LogP contribution is -2.10. The number of carboxylic acids is 1. The van der Waals surface area contributed by atoms with Crippen molar-refractivity contribution in [1.82, 2.24) is 0 Å².